The molecule has 8 aromatic rings. The number of hydrogen-bond donors (Lipinski definition) is 5. The van der Waals surface area contributed by atoms with Crippen molar-refractivity contribution in [3.8, 4) is 73.3 Å². The summed E-state index contributed by atoms with van der Waals surface area (Å²) in [6.07, 6.45) is 1.62. The summed E-state index contributed by atoms with van der Waals surface area (Å²) in [6, 6.07) is 33.1. The van der Waals surface area contributed by atoms with Gasteiger partial charge >= 0.3 is 0 Å². The van der Waals surface area contributed by atoms with Crippen molar-refractivity contribution in [2.75, 3.05) is 0 Å². The van der Waals surface area contributed by atoms with Crippen LogP contribution < -0.4 is 0 Å². The second-order valence-corrected chi connectivity index (χ2v) is 14.4. The van der Waals surface area contributed by atoms with Crippen LogP contribution in [0.25, 0.3) is 76.8 Å². The summed E-state index contributed by atoms with van der Waals surface area (Å²) in [5, 5.41) is 62.3. The van der Waals surface area contributed by atoms with Crippen molar-refractivity contribution in [2.24, 2.45) is 0 Å². The Morgan fingerprint density at radius 2 is 0.962 bits per heavy atom. The van der Waals surface area contributed by atoms with Crippen LogP contribution in [0.3, 0.4) is 0 Å². The molecule has 5 nitrogen and oxygen atoms in total. The van der Waals surface area contributed by atoms with Gasteiger partial charge in [0.15, 0.2) is 11.5 Å². The second kappa shape index (κ2) is 10.5. The number of phenols is 5. The highest BCUT2D eigenvalue weighted by atomic mass is 16.3. The molecular weight excluding hydrogens is 645 g/mol. The van der Waals surface area contributed by atoms with Gasteiger partial charge in [-0.05, 0) is 106 Å². The van der Waals surface area contributed by atoms with E-state index < -0.39 is 5.75 Å². The van der Waals surface area contributed by atoms with Crippen LogP contribution in [-0.2, 0) is 12.8 Å². The predicted molar refractivity (Wildman–Crippen MR) is 209 cm³/mol. The number of benzene rings is 8. The molecule has 0 amide bonds. The molecule has 0 unspecified atom stereocenters. The summed E-state index contributed by atoms with van der Waals surface area (Å²) >= 11 is 0. The van der Waals surface area contributed by atoms with Crippen LogP contribution in [0.2, 0.25) is 0 Å². The minimum atomic E-state index is -0.427. The van der Waals surface area contributed by atoms with Crippen LogP contribution >= 0.6 is 0 Å². The molecule has 0 atom stereocenters. The molecule has 2 aliphatic carbocycles. The third-order valence-corrected chi connectivity index (χ3v) is 11.7. The van der Waals surface area contributed by atoms with E-state index in [1.165, 1.54) is 33.4 Å². The quantitative estimate of drug-likeness (QED) is 0.0712. The van der Waals surface area contributed by atoms with Gasteiger partial charge in [0, 0.05) is 43.8 Å². The molecular formula is C47H34O5. The van der Waals surface area contributed by atoms with E-state index in [0.29, 0.717) is 50.4 Å². The van der Waals surface area contributed by atoms with Crippen LogP contribution in [0.15, 0.2) is 97.1 Å². The lowest BCUT2D eigenvalue weighted by atomic mass is 9.80. The smallest absolute Gasteiger partial charge is 0.166 e. The molecule has 8 aromatic carbocycles. The fourth-order valence-corrected chi connectivity index (χ4v) is 9.20. The molecule has 5 heteroatoms. The van der Waals surface area contributed by atoms with Gasteiger partial charge in [0.1, 0.15) is 17.2 Å². The first kappa shape index (κ1) is 30.4. The standard InChI is InChI=1S/C47H34O5/c1-22-35-39(34-14-8-11-25-9-4-6-12-31(25)34)42-41(47(52)46(51)24(3)45(42)50)38(40(35)44(49)23(2)43(22)48)29-17-18-33-30(21-29)20-28-16-15-27-19-26-10-5-7-13-32(26)36(27)37(28)33/h4-18,21,48-52H,19-20H2,1-3H3. The fourth-order valence-electron chi connectivity index (χ4n) is 9.20. The normalized spacial score (nSPS) is 12.8. The maximum atomic E-state index is 12.1. The Balaban J connectivity index is 1.35. The Morgan fingerprint density at radius 3 is 1.73 bits per heavy atom. The number of aryl methyl sites for hydroxylation is 1. The fraction of sp³-hybridized carbons (Fsp3) is 0.106. The zero-order chi connectivity index (χ0) is 35.7. The Kier molecular flexibility index (Phi) is 6.15. The highest BCUT2D eigenvalue weighted by Crippen LogP contribution is 2.59. The van der Waals surface area contributed by atoms with Gasteiger partial charge in [0.25, 0.3) is 0 Å². The summed E-state index contributed by atoms with van der Waals surface area (Å²) < 4.78 is 0. The monoisotopic (exact) mass is 678 g/mol. The molecule has 52 heavy (non-hydrogen) atoms. The van der Waals surface area contributed by atoms with Gasteiger partial charge in [0.2, 0.25) is 0 Å². The van der Waals surface area contributed by atoms with Crippen molar-refractivity contribution in [2.45, 2.75) is 33.6 Å². The number of hydrogen-bond acceptors (Lipinski definition) is 5. The van der Waals surface area contributed by atoms with E-state index in [9.17, 15) is 25.5 Å². The molecule has 0 spiro atoms. The lowest BCUT2D eigenvalue weighted by Gasteiger charge is -2.24. The lowest BCUT2D eigenvalue weighted by molar-refractivity contribution is 0.398. The highest BCUT2D eigenvalue weighted by Gasteiger charge is 2.32. The van der Waals surface area contributed by atoms with Crippen molar-refractivity contribution >= 4 is 32.3 Å². The molecule has 0 radical (unpaired) electrons. The molecule has 0 saturated carbocycles. The van der Waals surface area contributed by atoms with Crippen molar-refractivity contribution < 1.29 is 25.5 Å². The molecule has 10 rings (SSSR count). The number of aromatic hydroxyl groups is 5. The topological polar surface area (TPSA) is 101 Å². The van der Waals surface area contributed by atoms with Crippen molar-refractivity contribution in [1.82, 2.24) is 0 Å². The Morgan fingerprint density at radius 1 is 0.385 bits per heavy atom. The maximum absolute atomic E-state index is 12.1. The third-order valence-electron chi connectivity index (χ3n) is 11.7. The van der Waals surface area contributed by atoms with E-state index in [1.54, 1.807) is 13.8 Å². The lowest BCUT2D eigenvalue weighted by Crippen LogP contribution is -1.98. The zero-order valence-electron chi connectivity index (χ0n) is 28.9. The Hall–Kier alpha value is -6.46. The molecule has 5 N–H and O–H groups in total. The zero-order valence-corrected chi connectivity index (χ0v) is 28.9. The summed E-state index contributed by atoms with van der Waals surface area (Å²) in [5.41, 5.74) is 13.4. The average molecular weight is 679 g/mol. The molecule has 0 fully saturated rings. The first-order valence-corrected chi connectivity index (χ1v) is 17.6. The summed E-state index contributed by atoms with van der Waals surface area (Å²) in [6.45, 7) is 5.06. The maximum Gasteiger partial charge on any atom is 0.166 e. The molecule has 0 bridgehead atoms. The van der Waals surface area contributed by atoms with E-state index in [-0.39, 0.29) is 33.9 Å². The van der Waals surface area contributed by atoms with Crippen molar-refractivity contribution in [3.63, 3.8) is 0 Å². The largest absolute Gasteiger partial charge is 0.507 e. The second-order valence-electron chi connectivity index (χ2n) is 14.4. The first-order valence-electron chi connectivity index (χ1n) is 17.6. The summed E-state index contributed by atoms with van der Waals surface area (Å²) in [5.74, 6) is -1.17. The van der Waals surface area contributed by atoms with Gasteiger partial charge in [-0.25, -0.2) is 0 Å². The summed E-state index contributed by atoms with van der Waals surface area (Å²) in [7, 11) is 0. The van der Waals surface area contributed by atoms with Crippen molar-refractivity contribution in [1.29, 1.82) is 0 Å². The van der Waals surface area contributed by atoms with Gasteiger partial charge in [-0.15, -0.1) is 0 Å². The van der Waals surface area contributed by atoms with Gasteiger partial charge in [-0.2, -0.15) is 0 Å². The average Bonchev–Trinajstić information content (AvgIpc) is 3.74. The molecule has 0 heterocycles. The number of rotatable bonds is 2. The minimum Gasteiger partial charge on any atom is -0.507 e. The van der Waals surface area contributed by atoms with E-state index in [4.69, 9.17) is 0 Å². The van der Waals surface area contributed by atoms with E-state index in [1.807, 2.05) is 55.5 Å². The van der Waals surface area contributed by atoms with E-state index >= 15 is 0 Å². The van der Waals surface area contributed by atoms with E-state index in [0.717, 1.165) is 33.9 Å². The van der Waals surface area contributed by atoms with Gasteiger partial charge < -0.3 is 25.5 Å². The van der Waals surface area contributed by atoms with Gasteiger partial charge in [-0.3, -0.25) is 0 Å². The van der Waals surface area contributed by atoms with Crippen LogP contribution in [0.1, 0.15) is 38.9 Å². The van der Waals surface area contributed by atoms with Crippen LogP contribution in [0.4, 0.5) is 0 Å². The predicted octanol–water partition coefficient (Wildman–Crippen LogP) is 11.1. The van der Waals surface area contributed by atoms with Crippen molar-refractivity contribution in [3.05, 3.63) is 136 Å². The molecule has 252 valence electrons. The molecule has 0 saturated heterocycles. The minimum absolute atomic E-state index is 0.0467. The molecule has 0 aliphatic heterocycles. The van der Waals surface area contributed by atoms with Crippen LogP contribution in [0, 0.1) is 20.8 Å². The highest BCUT2D eigenvalue weighted by molar-refractivity contribution is 6.29. The van der Waals surface area contributed by atoms with Gasteiger partial charge in [0.05, 0.1) is 0 Å². The van der Waals surface area contributed by atoms with Crippen LogP contribution in [-0.4, -0.2) is 25.5 Å². The van der Waals surface area contributed by atoms with Crippen LogP contribution in [0.5, 0.6) is 28.7 Å². The molecule has 2 aliphatic rings. The number of fused-ring (bicyclic) bond motifs is 10. The Labute approximate surface area is 299 Å². The molecule has 0 aromatic heterocycles. The number of phenolic OH excluding ortho intramolecular Hbond substituents is 5. The van der Waals surface area contributed by atoms with E-state index in [2.05, 4.69) is 48.5 Å². The first-order chi connectivity index (χ1) is 25.2. The summed E-state index contributed by atoms with van der Waals surface area (Å²) in [4.78, 5) is 0. The Bertz CT molecular complexity index is 2850. The third kappa shape index (κ3) is 3.82. The van der Waals surface area contributed by atoms with Gasteiger partial charge in [-0.1, -0.05) is 97.1 Å². The SMILES string of the molecule is Cc1c(O)c(C)c2c(-c3cccc4ccccc34)c3c(O)c(C)c(O)c(O)c3c(-c3ccc4c(c3)Cc3ccc5c(c3-4)-c3ccccc3C5)c2c1O.